The number of fused-ring (bicyclic) bond motifs is 1. The van der Waals surface area contributed by atoms with Gasteiger partial charge in [-0.3, -0.25) is 0 Å². The van der Waals surface area contributed by atoms with E-state index in [1.54, 1.807) is 0 Å². The third kappa shape index (κ3) is 3.89. The molecule has 3 aromatic rings. The van der Waals surface area contributed by atoms with E-state index < -0.39 is 5.97 Å². The molecule has 0 unspecified atom stereocenters. The Hall–Kier alpha value is -2.58. The topological polar surface area (TPSA) is 93.6 Å². The van der Waals surface area contributed by atoms with Crippen LogP contribution in [0.1, 0.15) is 61.8 Å². The summed E-state index contributed by atoms with van der Waals surface area (Å²) in [5.41, 5.74) is 10.5. The number of thiophene rings is 1. The van der Waals surface area contributed by atoms with E-state index in [9.17, 15) is 9.90 Å². The van der Waals surface area contributed by atoms with Gasteiger partial charge in [-0.15, -0.1) is 11.3 Å². The number of hydrogen-bond donors (Lipinski definition) is 2. The Morgan fingerprint density at radius 2 is 2.09 bits per heavy atom. The first-order valence-electron chi connectivity index (χ1n) is 11.9. The van der Waals surface area contributed by atoms with Crippen molar-refractivity contribution in [3.63, 3.8) is 0 Å². The van der Waals surface area contributed by atoms with Crippen molar-refractivity contribution in [1.82, 2.24) is 9.55 Å². The maximum atomic E-state index is 12.7. The molecule has 0 amide bonds. The second-order valence-electron chi connectivity index (χ2n) is 9.45. The fraction of sp³-hybridized carbons (Fsp3) is 0.520. The first kappa shape index (κ1) is 22.2. The van der Waals surface area contributed by atoms with Crippen molar-refractivity contribution in [3.05, 3.63) is 30.1 Å². The molecule has 1 aliphatic heterocycles. The van der Waals surface area contributed by atoms with Gasteiger partial charge in [0, 0.05) is 31.2 Å². The van der Waals surface area contributed by atoms with E-state index in [0.29, 0.717) is 23.8 Å². The molecule has 2 fully saturated rings. The highest BCUT2D eigenvalue weighted by Gasteiger charge is 2.35. The fourth-order valence-corrected chi connectivity index (χ4v) is 6.85. The number of anilines is 2. The SMILES string of the molecule is COC(=O)c1c(N2C[C@H](CO)C[C@H]2C)sc(-c2ccc3c(c2)ncn3C2CCCCC2)c1N. The van der Waals surface area contributed by atoms with E-state index in [1.165, 1.54) is 50.6 Å². The van der Waals surface area contributed by atoms with Crippen molar-refractivity contribution in [3.8, 4) is 10.4 Å². The summed E-state index contributed by atoms with van der Waals surface area (Å²) < 4.78 is 7.41. The Balaban J connectivity index is 1.55. The van der Waals surface area contributed by atoms with Gasteiger partial charge in [-0.25, -0.2) is 9.78 Å². The van der Waals surface area contributed by atoms with Crippen LogP contribution in [-0.2, 0) is 4.74 Å². The first-order chi connectivity index (χ1) is 16.0. The van der Waals surface area contributed by atoms with Gasteiger partial charge in [-0.2, -0.15) is 0 Å². The number of carbonyl (C=O) groups excluding carboxylic acids is 1. The van der Waals surface area contributed by atoms with E-state index in [0.717, 1.165) is 32.9 Å². The number of nitrogens with two attached hydrogens (primary N) is 1. The molecule has 3 heterocycles. The van der Waals surface area contributed by atoms with Gasteiger partial charge in [-0.05, 0) is 43.9 Å². The van der Waals surface area contributed by atoms with E-state index in [1.807, 2.05) is 6.33 Å². The van der Waals surface area contributed by atoms with Crippen LogP contribution in [0.15, 0.2) is 24.5 Å². The van der Waals surface area contributed by atoms with Crippen molar-refractivity contribution in [2.45, 2.75) is 57.5 Å². The minimum atomic E-state index is -0.424. The Kier molecular flexibility index (Phi) is 6.05. The van der Waals surface area contributed by atoms with Gasteiger partial charge in [0.25, 0.3) is 0 Å². The van der Waals surface area contributed by atoms with Crippen LogP contribution in [0, 0.1) is 5.92 Å². The standard InChI is InChI=1S/C25H32N4O3S/c1-15-10-16(13-30)12-28(15)24-21(25(31)32-2)22(26)23(33-24)17-8-9-20-19(11-17)27-14-29(20)18-6-4-3-5-7-18/h8-9,11,14-16,18,30H,3-7,10,12-13,26H2,1-2H3/t15-,16-/m1/s1. The number of nitrogens with zero attached hydrogens (tertiary/aromatic N) is 3. The third-order valence-corrected chi connectivity index (χ3v) is 8.59. The van der Waals surface area contributed by atoms with E-state index in [2.05, 4.69) is 34.6 Å². The van der Waals surface area contributed by atoms with Gasteiger partial charge in [0.1, 0.15) is 10.6 Å². The molecule has 3 N–H and O–H groups in total. The lowest BCUT2D eigenvalue weighted by atomic mass is 9.95. The van der Waals surface area contributed by atoms with Crippen LogP contribution in [0.5, 0.6) is 0 Å². The number of esters is 1. The maximum Gasteiger partial charge on any atom is 0.343 e. The lowest BCUT2D eigenvalue weighted by Gasteiger charge is -2.23. The van der Waals surface area contributed by atoms with Crippen LogP contribution in [0.3, 0.4) is 0 Å². The van der Waals surface area contributed by atoms with Crippen LogP contribution >= 0.6 is 11.3 Å². The van der Waals surface area contributed by atoms with Crippen molar-refractivity contribution >= 4 is 39.0 Å². The number of benzene rings is 1. The smallest absolute Gasteiger partial charge is 0.343 e. The molecule has 0 radical (unpaired) electrons. The van der Waals surface area contributed by atoms with Crippen LogP contribution in [0.2, 0.25) is 0 Å². The van der Waals surface area contributed by atoms with Crippen LogP contribution in [0.4, 0.5) is 10.7 Å². The average molecular weight is 469 g/mol. The number of rotatable bonds is 5. The zero-order valence-electron chi connectivity index (χ0n) is 19.3. The second kappa shape index (κ2) is 8.99. The molecule has 0 spiro atoms. The van der Waals surface area contributed by atoms with Crippen molar-refractivity contribution in [1.29, 1.82) is 0 Å². The number of methoxy groups -OCH3 is 1. The number of aliphatic hydroxyl groups is 1. The molecular formula is C25H32N4O3S. The van der Waals surface area contributed by atoms with Gasteiger partial charge in [-0.1, -0.05) is 25.3 Å². The van der Waals surface area contributed by atoms with Gasteiger partial charge < -0.3 is 25.0 Å². The van der Waals surface area contributed by atoms with Crippen molar-refractivity contribution in [2.75, 3.05) is 30.9 Å². The summed E-state index contributed by atoms with van der Waals surface area (Å²) >= 11 is 1.52. The third-order valence-electron chi connectivity index (χ3n) is 7.30. The summed E-state index contributed by atoms with van der Waals surface area (Å²) in [6.45, 7) is 2.96. The summed E-state index contributed by atoms with van der Waals surface area (Å²) in [6, 6.07) is 7.02. The minimum absolute atomic E-state index is 0.141. The molecule has 1 saturated carbocycles. The van der Waals surface area contributed by atoms with Gasteiger partial charge in [0.15, 0.2) is 0 Å². The number of carbonyl (C=O) groups is 1. The molecule has 8 heteroatoms. The lowest BCUT2D eigenvalue weighted by molar-refractivity contribution is 0.0603. The van der Waals surface area contributed by atoms with E-state index in [4.69, 9.17) is 15.5 Å². The summed E-state index contributed by atoms with van der Waals surface area (Å²) in [6.07, 6.45) is 9.14. The number of nitrogen functional groups attached to an aromatic ring is 1. The van der Waals surface area contributed by atoms with Gasteiger partial charge in [0.05, 0.1) is 35.0 Å². The molecule has 5 rings (SSSR count). The molecular weight excluding hydrogens is 436 g/mol. The number of ether oxygens (including phenoxy) is 1. The number of hydrogen-bond acceptors (Lipinski definition) is 7. The Morgan fingerprint density at radius 1 is 1.30 bits per heavy atom. The Morgan fingerprint density at radius 3 is 2.79 bits per heavy atom. The summed E-state index contributed by atoms with van der Waals surface area (Å²) in [4.78, 5) is 20.5. The molecule has 7 nitrogen and oxygen atoms in total. The highest BCUT2D eigenvalue weighted by molar-refractivity contribution is 7.20. The van der Waals surface area contributed by atoms with Crippen LogP contribution < -0.4 is 10.6 Å². The molecule has 1 saturated heterocycles. The highest BCUT2D eigenvalue weighted by atomic mass is 32.1. The summed E-state index contributed by atoms with van der Waals surface area (Å²) in [5, 5.41) is 10.5. The molecule has 2 aliphatic rings. The average Bonchev–Trinajstić information content (AvgIpc) is 3.53. The normalized spacial score (nSPS) is 21.7. The zero-order valence-corrected chi connectivity index (χ0v) is 20.1. The molecule has 0 bridgehead atoms. The van der Waals surface area contributed by atoms with Crippen molar-refractivity contribution < 1.29 is 14.6 Å². The monoisotopic (exact) mass is 468 g/mol. The largest absolute Gasteiger partial charge is 0.465 e. The van der Waals surface area contributed by atoms with Crippen molar-refractivity contribution in [2.24, 2.45) is 5.92 Å². The predicted octanol–water partition coefficient (Wildman–Crippen LogP) is 4.85. The Bertz CT molecular complexity index is 1160. The maximum absolute atomic E-state index is 12.7. The van der Waals surface area contributed by atoms with E-state index in [-0.39, 0.29) is 18.6 Å². The second-order valence-corrected chi connectivity index (χ2v) is 10.4. The lowest BCUT2D eigenvalue weighted by Crippen LogP contribution is -2.28. The molecule has 1 aromatic carbocycles. The highest BCUT2D eigenvalue weighted by Crippen LogP contribution is 2.47. The van der Waals surface area contributed by atoms with Gasteiger partial charge >= 0.3 is 5.97 Å². The number of imidazole rings is 1. The molecule has 33 heavy (non-hydrogen) atoms. The minimum Gasteiger partial charge on any atom is -0.465 e. The number of aromatic nitrogens is 2. The van der Waals surface area contributed by atoms with Crippen LogP contribution in [-0.4, -0.2) is 46.9 Å². The summed E-state index contributed by atoms with van der Waals surface area (Å²) in [7, 11) is 1.39. The molecule has 2 atom stereocenters. The molecule has 176 valence electrons. The molecule has 2 aromatic heterocycles. The molecule has 1 aliphatic carbocycles. The first-order valence-corrected chi connectivity index (χ1v) is 12.7. The van der Waals surface area contributed by atoms with Crippen LogP contribution in [0.25, 0.3) is 21.5 Å². The fourth-order valence-electron chi connectivity index (χ4n) is 5.53. The Labute approximate surface area is 198 Å². The predicted molar refractivity (Wildman–Crippen MR) is 133 cm³/mol. The van der Waals surface area contributed by atoms with Gasteiger partial charge in [0.2, 0.25) is 0 Å². The number of aliphatic hydroxyl groups excluding tert-OH is 1. The quantitative estimate of drug-likeness (QED) is 0.520. The summed E-state index contributed by atoms with van der Waals surface area (Å²) in [5.74, 6) is -0.232. The van der Waals surface area contributed by atoms with E-state index >= 15 is 0 Å². The zero-order chi connectivity index (χ0) is 23.1.